The number of H-pyrrole nitrogens is 1. The van der Waals surface area contributed by atoms with Gasteiger partial charge in [-0.25, -0.2) is 4.98 Å². The van der Waals surface area contributed by atoms with Gasteiger partial charge in [0.15, 0.2) is 0 Å². The van der Waals surface area contributed by atoms with Crippen molar-refractivity contribution in [1.29, 1.82) is 0 Å². The number of hydrogen-bond acceptors (Lipinski definition) is 4. The van der Waals surface area contributed by atoms with Crippen LogP contribution in [0.3, 0.4) is 0 Å². The van der Waals surface area contributed by atoms with Crippen molar-refractivity contribution in [3.05, 3.63) is 95.8 Å². The number of nitrogens with zero attached hydrogens (tertiary/aromatic N) is 2. The summed E-state index contributed by atoms with van der Waals surface area (Å²) >= 11 is 0. The molecule has 170 valence electrons. The molecule has 1 amide bonds. The average molecular weight is 462 g/mol. The number of rotatable bonds is 5. The van der Waals surface area contributed by atoms with Crippen molar-refractivity contribution in [1.82, 2.24) is 15.0 Å². The monoisotopic (exact) mass is 462 g/mol. The van der Waals surface area contributed by atoms with Crippen LogP contribution < -0.4 is 10.1 Å². The van der Waals surface area contributed by atoms with Crippen molar-refractivity contribution in [3.8, 4) is 5.75 Å². The number of carbonyl (C=O) groups is 1. The van der Waals surface area contributed by atoms with Gasteiger partial charge in [0.1, 0.15) is 18.1 Å². The van der Waals surface area contributed by atoms with E-state index in [0.717, 1.165) is 22.9 Å². The van der Waals surface area contributed by atoms with Crippen LogP contribution >= 0.6 is 0 Å². The number of amides is 1. The Hall–Kier alpha value is -4.40. The van der Waals surface area contributed by atoms with Gasteiger partial charge in [-0.05, 0) is 41.3 Å². The standard InChI is InChI=1S/C25H17F3N4O2/c26-25(27,28)18-7-5-15(6-8-18)14-34-19-9-10-20-21(12-19)31-24(30-20)32-23(33)22-11-16-3-1-2-4-17(16)13-29-22/h1-13H,14H2,(H2,30,31,32,33). The molecule has 0 aliphatic rings. The number of aromatic amines is 1. The molecule has 0 bridgehead atoms. The van der Waals surface area contributed by atoms with Crippen LogP contribution in [0.5, 0.6) is 5.75 Å². The van der Waals surface area contributed by atoms with E-state index in [2.05, 4.69) is 20.3 Å². The Kier molecular flexibility index (Phi) is 5.37. The van der Waals surface area contributed by atoms with Gasteiger partial charge in [-0.3, -0.25) is 15.1 Å². The molecule has 2 aromatic heterocycles. The van der Waals surface area contributed by atoms with E-state index in [1.165, 1.54) is 12.1 Å². The first-order valence-electron chi connectivity index (χ1n) is 10.3. The number of pyridine rings is 1. The number of ether oxygens (including phenoxy) is 1. The van der Waals surface area contributed by atoms with E-state index in [0.29, 0.717) is 22.3 Å². The van der Waals surface area contributed by atoms with E-state index in [-0.39, 0.29) is 18.2 Å². The van der Waals surface area contributed by atoms with Crippen molar-refractivity contribution in [3.63, 3.8) is 0 Å². The maximum atomic E-state index is 12.7. The maximum absolute atomic E-state index is 12.7. The predicted octanol–water partition coefficient (Wildman–Crippen LogP) is 5.96. The number of imidazole rings is 1. The maximum Gasteiger partial charge on any atom is 0.416 e. The van der Waals surface area contributed by atoms with Gasteiger partial charge in [-0.1, -0.05) is 36.4 Å². The molecule has 0 saturated carbocycles. The number of benzene rings is 3. The lowest BCUT2D eigenvalue weighted by atomic mass is 10.1. The van der Waals surface area contributed by atoms with Gasteiger partial charge in [0.05, 0.1) is 16.6 Å². The fourth-order valence-corrected chi connectivity index (χ4v) is 3.47. The summed E-state index contributed by atoms with van der Waals surface area (Å²) in [5.74, 6) is 0.364. The van der Waals surface area contributed by atoms with Gasteiger partial charge < -0.3 is 9.72 Å². The number of fused-ring (bicyclic) bond motifs is 2. The lowest BCUT2D eigenvalue weighted by Gasteiger charge is -2.09. The second kappa shape index (κ2) is 8.51. The third-order valence-corrected chi connectivity index (χ3v) is 5.24. The Morgan fingerprint density at radius 3 is 2.50 bits per heavy atom. The Morgan fingerprint density at radius 1 is 0.971 bits per heavy atom. The number of aromatic nitrogens is 3. The van der Waals surface area contributed by atoms with Crippen molar-refractivity contribution in [2.75, 3.05) is 5.32 Å². The normalized spacial score (nSPS) is 11.6. The first-order chi connectivity index (χ1) is 16.3. The molecule has 2 heterocycles. The van der Waals surface area contributed by atoms with Gasteiger partial charge in [-0.15, -0.1) is 0 Å². The number of carbonyl (C=O) groups excluding carboxylic acids is 1. The molecule has 0 aliphatic heterocycles. The van der Waals surface area contributed by atoms with E-state index in [1.807, 2.05) is 24.3 Å². The summed E-state index contributed by atoms with van der Waals surface area (Å²) in [6.07, 6.45) is -2.73. The Morgan fingerprint density at radius 2 is 1.74 bits per heavy atom. The summed E-state index contributed by atoms with van der Waals surface area (Å²) in [5, 5.41) is 4.55. The molecule has 0 atom stereocenters. The van der Waals surface area contributed by atoms with E-state index < -0.39 is 17.6 Å². The summed E-state index contributed by atoms with van der Waals surface area (Å²) in [5.41, 5.74) is 1.41. The minimum Gasteiger partial charge on any atom is -0.489 e. The highest BCUT2D eigenvalue weighted by atomic mass is 19.4. The second-order valence-electron chi connectivity index (χ2n) is 7.62. The van der Waals surface area contributed by atoms with Gasteiger partial charge in [0.25, 0.3) is 5.91 Å². The summed E-state index contributed by atoms with van der Waals surface area (Å²) in [4.78, 5) is 24.2. The molecule has 0 radical (unpaired) electrons. The van der Waals surface area contributed by atoms with E-state index in [4.69, 9.17) is 4.74 Å². The molecule has 2 N–H and O–H groups in total. The van der Waals surface area contributed by atoms with Crippen LogP contribution in [0.25, 0.3) is 21.8 Å². The molecular weight excluding hydrogens is 445 g/mol. The fourth-order valence-electron chi connectivity index (χ4n) is 3.47. The minimum absolute atomic E-state index is 0.106. The van der Waals surface area contributed by atoms with Crippen molar-refractivity contribution in [2.45, 2.75) is 12.8 Å². The van der Waals surface area contributed by atoms with Crippen molar-refractivity contribution < 1.29 is 22.7 Å². The van der Waals surface area contributed by atoms with Crippen LogP contribution in [0.15, 0.2) is 79.0 Å². The second-order valence-corrected chi connectivity index (χ2v) is 7.62. The third-order valence-electron chi connectivity index (χ3n) is 5.24. The molecule has 5 aromatic rings. The average Bonchev–Trinajstić information content (AvgIpc) is 3.23. The molecule has 0 spiro atoms. The van der Waals surface area contributed by atoms with E-state index in [1.54, 1.807) is 30.5 Å². The summed E-state index contributed by atoms with van der Waals surface area (Å²) in [6, 6.07) is 19.3. The SMILES string of the molecule is O=C(Nc1nc2ccc(OCc3ccc(C(F)(F)F)cc3)cc2[nH]1)c1cc2ccccc2cn1. The van der Waals surface area contributed by atoms with E-state index in [9.17, 15) is 18.0 Å². The molecule has 0 unspecified atom stereocenters. The highest BCUT2D eigenvalue weighted by Gasteiger charge is 2.29. The molecule has 0 saturated heterocycles. The first-order valence-corrected chi connectivity index (χ1v) is 10.3. The summed E-state index contributed by atoms with van der Waals surface area (Å²) in [7, 11) is 0. The van der Waals surface area contributed by atoms with Gasteiger partial charge >= 0.3 is 6.18 Å². The Balaban J connectivity index is 1.27. The Bertz CT molecular complexity index is 1490. The Labute approximate surface area is 191 Å². The highest BCUT2D eigenvalue weighted by Crippen LogP contribution is 2.29. The zero-order valence-corrected chi connectivity index (χ0v) is 17.6. The number of hydrogen-bond donors (Lipinski definition) is 2. The zero-order chi connectivity index (χ0) is 23.7. The molecule has 5 rings (SSSR count). The third kappa shape index (κ3) is 4.54. The van der Waals surface area contributed by atoms with Gasteiger partial charge in [-0.2, -0.15) is 13.2 Å². The van der Waals surface area contributed by atoms with Crippen LogP contribution in [0.4, 0.5) is 19.1 Å². The zero-order valence-electron chi connectivity index (χ0n) is 17.6. The fraction of sp³-hybridized carbons (Fsp3) is 0.0800. The molecular formula is C25H17F3N4O2. The number of alkyl halides is 3. The molecule has 6 nitrogen and oxygen atoms in total. The number of nitrogens with one attached hydrogen (secondary N) is 2. The van der Waals surface area contributed by atoms with Gasteiger partial charge in [0.2, 0.25) is 5.95 Å². The quantitative estimate of drug-likeness (QED) is 0.338. The van der Waals surface area contributed by atoms with Gasteiger partial charge in [0, 0.05) is 17.6 Å². The summed E-state index contributed by atoms with van der Waals surface area (Å²) in [6.45, 7) is 0.106. The largest absolute Gasteiger partial charge is 0.489 e. The number of halogens is 3. The molecule has 0 fully saturated rings. The lowest BCUT2D eigenvalue weighted by Crippen LogP contribution is -2.14. The van der Waals surface area contributed by atoms with Crippen LogP contribution in [-0.4, -0.2) is 20.9 Å². The van der Waals surface area contributed by atoms with Crippen LogP contribution in [0, 0.1) is 0 Å². The lowest BCUT2D eigenvalue weighted by molar-refractivity contribution is -0.137. The molecule has 9 heteroatoms. The topological polar surface area (TPSA) is 79.9 Å². The number of anilines is 1. The molecule has 0 aliphatic carbocycles. The van der Waals surface area contributed by atoms with Crippen molar-refractivity contribution >= 4 is 33.7 Å². The first kappa shape index (κ1) is 21.4. The van der Waals surface area contributed by atoms with E-state index >= 15 is 0 Å². The van der Waals surface area contributed by atoms with Crippen molar-refractivity contribution in [2.24, 2.45) is 0 Å². The molecule has 34 heavy (non-hydrogen) atoms. The smallest absolute Gasteiger partial charge is 0.416 e. The summed E-state index contributed by atoms with van der Waals surface area (Å²) < 4.78 is 43.8. The highest BCUT2D eigenvalue weighted by molar-refractivity contribution is 6.04. The predicted molar refractivity (Wildman–Crippen MR) is 122 cm³/mol. The van der Waals surface area contributed by atoms with Crippen LogP contribution in [0.2, 0.25) is 0 Å². The van der Waals surface area contributed by atoms with Crippen LogP contribution in [0.1, 0.15) is 21.6 Å². The minimum atomic E-state index is -4.37. The van der Waals surface area contributed by atoms with Crippen LogP contribution in [-0.2, 0) is 12.8 Å². The molecule has 3 aromatic carbocycles.